The molecule has 0 spiro atoms. The molecule has 1 fully saturated rings. The summed E-state index contributed by atoms with van der Waals surface area (Å²) in [5.41, 5.74) is 1.72. The highest BCUT2D eigenvalue weighted by Crippen LogP contribution is 2.25. The van der Waals surface area contributed by atoms with Gasteiger partial charge in [0.2, 0.25) is 11.8 Å². The van der Waals surface area contributed by atoms with Crippen LogP contribution in [0.2, 0.25) is 0 Å². The summed E-state index contributed by atoms with van der Waals surface area (Å²) >= 11 is 0. The van der Waals surface area contributed by atoms with Crippen molar-refractivity contribution in [3.05, 3.63) is 53.9 Å². The van der Waals surface area contributed by atoms with Crippen molar-refractivity contribution in [1.29, 1.82) is 0 Å². The van der Waals surface area contributed by atoms with Crippen LogP contribution in [0.3, 0.4) is 0 Å². The first-order chi connectivity index (χ1) is 10.1. The topological polar surface area (TPSA) is 67.2 Å². The molecule has 1 N–H and O–H groups in total. The number of hydrogen-bond acceptors (Lipinski definition) is 3. The molecule has 2 amide bonds. The molecule has 1 saturated heterocycles. The second-order valence-electron chi connectivity index (χ2n) is 5.07. The van der Waals surface area contributed by atoms with E-state index in [1.54, 1.807) is 15.8 Å². The molecular weight excluding hydrogens is 268 g/mol. The maximum atomic E-state index is 12.2. The molecular formula is C15H16N4O2. The van der Waals surface area contributed by atoms with Crippen molar-refractivity contribution in [1.82, 2.24) is 20.0 Å². The van der Waals surface area contributed by atoms with E-state index in [4.69, 9.17) is 0 Å². The second-order valence-corrected chi connectivity index (χ2v) is 5.07. The minimum absolute atomic E-state index is 0.0441. The summed E-state index contributed by atoms with van der Waals surface area (Å²) in [7, 11) is 1.82. The number of nitrogens with one attached hydrogen (secondary N) is 1. The molecule has 1 aliphatic heterocycles. The van der Waals surface area contributed by atoms with Gasteiger partial charge in [-0.25, -0.2) is 0 Å². The summed E-state index contributed by atoms with van der Waals surface area (Å²) in [4.78, 5) is 26.0. The summed E-state index contributed by atoms with van der Waals surface area (Å²) in [6.45, 7) is 0.419. The normalized spacial score (nSPS) is 18.7. The molecule has 1 atom stereocenters. The lowest BCUT2D eigenvalue weighted by molar-refractivity contribution is -0.146. The Bertz CT molecular complexity index is 665. The van der Waals surface area contributed by atoms with Crippen LogP contribution in [0.25, 0.3) is 0 Å². The first-order valence-electron chi connectivity index (χ1n) is 6.75. The molecule has 0 aliphatic carbocycles. The highest BCUT2D eigenvalue weighted by Gasteiger charge is 2.35. The van der Waals surface area contributed by atoms with Gasteiger partial charge in [-0.2, -0.15) is 5.10 Å². The summed E-state index contributed by atoms with van der Waals surface area (Å²) in [5.74, 6) is -0.239. The molecule has 1 unspecified atom stereocenters. The van der Waals surface area contributed by atoms with Crippen LogP contribution >= 0.6 is 0 Å². The standard InChI is InChI=1S/C15H16N4O2/c1-18-9-11(7-17-18)10-19-13(20)8-16-15(21)14(19)12-5-3-2-4-6-12/h2-7,9,14H,8,10H2,1H3,(H,16,21). The minimum atomic E-state index is -0.590. The Kier molecular flexibility index (Phi) is 3.43. The van der Waals surface area contributed by atoms with E-state index in [0.717, 1.165) is 11.1 Å². The number of aryl methyl sites for hydroxylation is 1. The van der Waals surface area contributed by atoms with Gasteiger partial charge >= 0.3 is 0 Å². The highest BCUT2D eigenvalue weighted by atomic mass is 16.2. The smallest absolute Gasteiger partial charge is 0.247 e. The van der Waals surface area contributed by atoms with E-state index in [9.17, 15) is 9.59 Å². The van der Waals surface area contributed by atoms with Gasteiger partial charge < -0.3 is 10.2 Å². The van der Waals surface area contributed by atoms with Gasteiger partial charge in [-0.05, 0) is 5.56 Å². The molecule has 1 aliphatic rings. The third-order valence-corrected chi connectivity index (χ3v) is 3.52. The van der Waals surface area contributed by atoms with Crippen molar-refractivity contribution in [3.8, 4) is 0 Å². The van der Waals surface area contributed by atoms with Gasteiger partial charge in [0.1, 0.15) is 6.04 Å². The molecule has 0 bridgehead atoms. The second kappa shape index (κ2) is 5.40. The monoisotopic (exact) mass is 284 g/mol. The maximum Gasteiger partial charge on any atom is 0.247 e. The Labute approximate surface area is 122 Å². The molecule has 1 aromatic heterocycles. The van der Waals surface area contributed by atoms with Gasteiger partial charge in [-0.15, -0.1) is 0 Å². The third kappa shape index (κ3) is 2.65. The number of nitrogens with zero attached hydrogens (tertiary/aromatic N) is 3. The molecule has 2 heterocycles. The number of aromatic nitrogens is 2. The number of hydrogen-bond donors (Lipinski definition) is 1. The van der Waals surface area contributed by atoms with Gasteiger partial charge in [0.25, 0.3) is 0 Å². The minimum Gasteiger partial charge on any atom is -0.345 e. The molecule has 0 radical (unpaired) electrons. The van der Waals surface area contributed by atoms with E-state index in [-0.39, 0.29) is 18.4 Å². The van der Waals surface area contributed by atoms with E-state index in [2.05, 4.69) is 10.4 Å². The predicted molar refractivity (Wildman–Crippen MR) is 76.0 cm³/mol. The summed E-state index contributed by atoms with van der Waals surface area (Å²) < 4.78 is 1.68. The van der Waals surface area contributed by atoms with E-state index in [1.165, 1.54) is 0 Å². The predicted octanol–water partition coefficient (Wildman–Crippen LogP) is 0.620. The van der Waals surface area contributed by atoms with E-state index < -0.39 is 6.04 Å². The SMILES string of the molecule is Cn1cc(CN2C(=O)CNC(=O)C2c2ccccc2)cn1. The van der Waals surface area contributed by atoms with Crippen molar-refractivity contribution in [3.63, 3.8) is 0 Å². The van der Waals surface area contributed by atoms with Crippen LogP contribution in [-0.2, 0) is 23.2 Å². The van der Waals surface area contributed by atoms with Crippen molar-refractivity contribution >= 4 is 11.8 Å². The summed E-state index contributed by atoms with van der Waals surface area (Å²) in [5, 5.41) is 6.75. The lowest BCUT2D eigenvalue weighted by atomic mass is 10.0. The van der Waals surface area contributed by atoms with Crippen LogP contribution in [0.4, 0.5) is 0 Å². The molecule has 3 rings (SSSR count). The number of carbonyl (C=O) groups is 2. The number of benzene rings is 1. The van der Waals surface area contributed by atoms with Crippen molar-refractivity contribution in [2.75, 3.05) is 6.54 Å². The average molecular weight is 284 g/mol. The molecule has 108 valence electrons. The molecule has 21 heavy (non-hydrogen) atoms. The molecule has 2 aromatic rings. The highest BCUT2D eigenvalue weighted by molar-refractivity contribution is 5.95. The van der Waals surface area contributed by atoms with Gasteiger partial charge in [-0.1, -0.05) is 30.3 Å². The Hall–Kier alpha value is -2.63. The Balaban J connectivity index is 1.92. The van der Waals surface area contributed by atoms with Gasteiger partial charge in [-0.3, -0.25) is 14.3 Å². The fourth-order valence-electron chi connectivity index (χ4n) is 2.54. The Morgan fingerprint density at radius 2 is 2.05 bits per heavy atom. The lowest BCUT2D eigenvalue weighted by Gasteiger charge is -2.35. The van der Waals surface area contributed by atoms with Gasteiger partial charge in [0.15, 0.2) is 0 Å². The van der Waals surface area contributed by atoms with Crippen LogP contribution in [0.5, 0.6) is 0 Å². The number of carbonyl (C=O) groups excluding carboxylic acids is 2. The van der Waals surface area contributed by atoms with Crippen LogP contribution in [0.15, 0.2) is 42.7 Å². The Morgan fingerprint density at radius 3 is 2.71 bits per heavy atom. The molecule has 0 saturated carbocycles. The zero-order valence-corrected chi connectivity index (χ0v) is 11.7. The quantitative estimate of drug-likeness (QED) is 0.898. The first-order valence-corrected chi connectivity index (χ1v) is 6.75. The summed E-state index contributed by atoms with van der Waals surface area (Å²) in [6.07, 6.45) is 3.56. The number of rotatable bonds is 3. The first kappa shape index (κ1) is 13.4. The maximum absolute atomic E-state index is 12.2. The molecule has 6 nitrogen and oxygen atoms in total. The number of amides is 2. The van der Waals surface area contributed by atoms with Crippen molar-refractivity contribution in [2.45, 2.75) is 12.6 Å². The van der Waals surface area contributed by atoms with E-state index in [0.29, 0.717) is 6.54 Å². The fourth-order valence-corrected chi connectivity index (χ4v) is 2.54. The molecule has 1 aromatic carbocycles. The van der Waals surface area contributed by atoms with Crippen LogP contribution in [0.1, 0.15) is 17.2 Å². The van der Waals surface area contributed by atoms with E-state index >= 15 is 0 Å². The van der Waals surface area contributed by atoms with E-state index in [1.807, 2.05) is 43.6 Å². The molecule has 6 heteroatoms. The summed E-state index contributed by atoms with van der Waals surface area (Å²) in [6, 6.07) is 8.75. The van der Waals surface area contributed by atoms with Crippen molar-refractivity contribution < 1.29 is 9.59 Å². The third-order valence-electron chi connectivity index (χ3n) is 3.52. The largest absolute Gasteiger partial charge is 0.345 e. The van der Waals surface area contributed by atoms with Crippen LogP contribution < -0.4 is 5.32 Å². The fraction of sp³-hybridized carbons (Fsp3) is 0.267. The van der Waals surface area contributed by atoms with Crippen LogP contribution in [0, 0.1) is 0 Å². The van der Waals surface area contributed by atoms with Crippen molar-refractivity contribution in [2.24, 2.45) is 7.05 Å². The van der Waals surface area contributed by atoms with Gasteiger partial charge in [0, 0.05) is 25.4 Å². The van der Waals surface area contributed by atoms with Gasteiger partial charge in [0.05, 0.1) is 12.7 Å². The zero-order valence-electron chi connectivity index (χ0n) is 11.7. The number of piperazine rings is 1. The Morgan fingerprint density at radius 1 is 1.29 bits per heavy atom. The van der Waals surface area contributed by atoms with Crippen LogP contribution in [-0.4, -0.2) is 33.0 Å². The lowest BCUT2D eigenvalue weighted by Crippen LogP contribution is -2.53. The zero-order chi connectivity index (χ0) is 14.8. The average Bonchev–Trinajstić information content (AvgIpc) is 2.89.